The first-order valence-corrected chi connectivity index (χ1v) is 5.91. The fourth-order valence-corrected chi connectivity index (χ4v) is 2.54. The SMILES string of the molecule is [O-][S+]1CCN(c2cc[c]cc2)CC1. The van der Waals surface area contributed by atoms with E-state index in [0.717, 1.165) is 24.6 Å². The van der Waals surface area contributed by atoms with Crippen molar-refractivity contribution in [2.75, 3.05) is 29.5 Å². The maximum atomic E-state index is 11.1. The lowest BCUT2D eigenvalue weighted by atomic mass is 10.3. The molecule has 0 unspecified atom stereocenters. The van der Waals surface area contributed by atoms with Crippen LogP contribution < -0.4 is 4.90 Å². The maximum absolute atomic E-state index is 11.1. The molecule has 1 radical (unpaired) electrons. The number of rotatable bonds is 1. The second kappa shape index (κ2) is 4.03. The summed E-state index contributed by atoms with van der Waals surface area (Å²) in [7, 11) is 0. The van der Waals surface area contributed by atoms with Crippen LogP contribution in [0.4, 0.5) is 5.69 Å². The number of anilines is 1. The van der Waals surface area contributed by atoms with Crippen molar-refractivity contribution >= 4 is 16.9 Å². The second-order valence-corrected chi connectivity index (χ2v) is 4.79. The zero-order valence-corrected chi connectivity index (χ0v) is 8.22. The van der Waals surface area contributed by atoms with E-state index in [0.29, 0.717) is 0 Å². The van der Waals surface area contributed by atoms with Crippen LogP contribution in [0.5, 0.6) is 0 Å². The van der Waals surface area contributed by atoms with Crippen molar-refractivity contribution in [3.8, 4) is 0 Å². The molecule has 0 saturated carbocycles. The van der Waals surface area contributed by atoms with E-state index >= 15 is 0 Å². The first-order valence-electron chi connectivity index (χ1n) is 4.42. The first kappa shape index (κ1) is 8.91. The van der Waals surface area contributed by atoms with Crippen LogP contribution in [-0.4, -0.2) is 29.1 Å². The summed E-state index contributed by atoms with van der Waals surface area (Å²) in [6.07, 6.45) is 0. The Kier molecular flexibility index (Phi) is 2.76. The van der Waals surface area contributed by atoms with Gasteiger partial charge in [-0.3, -0.25) is 0 Å². The number of hydrogen-bond donors (Lipinski definition) is 0. The van der Waals surface area contributed by atoms with Crippen molar-refractivity contribution in [1.82, 2.24) is 0 Å². The van der Waals surface area contributed by atoms with Gasteiger partial charge >= 0.3 is 0 Å². The standard InChI is InChI=1S/C10H12NOS/c12-13-8-6-11(7-9-13)10-4-2-1-3-5-10/h2-5H,6-9H2. The molecule has 0 spiro atoms. The van der Waals surface area contributed by atoms with Crippen molar-refractivity contribution in [2.45, 2.75) is 0 Å². The highest BCUT2D eigenvalue weighted by atomic mass is 32.2. The summed E-state index contributed by atoms with van der Waals surface area (Å²) >= 11 is -0.584. The number of hydrogen-bond acceptors (Lipinski definition) is 2. The van der Waals surface area contributed by atoms with Crippen LogP contribution in [0.25, 0.3) is 0 Å². The van der Waals surface area contributed by atoms with Gasteiger partial charge < -0.3 is 9.45 Å². The zero-order chi connectivity index (χ0) is 9.10. The molecular weight excluding hydrogens is 182 g/mol. The third kappa shape index (κ3) is 2.17. The van der Waals surface area contributed by atoms with E-state index in [-0.39, 0.29) is 0 Å². The van der Waals surface area contributed by atoms with E-state index < -0.39 is 11.2 Å². The van der Waals surface area contributed by atoms with Gasteiger partial charge in [-0.25, -0.2) is 0 Å². The molecule has 1 aromatic carbocycles. The molecule has 3 heteroatoms. The van der Waals surface area contributed by atoms with Gasteiger partial charge in [-0.15, -0.1) is 0 Å². The highest BCUT2D eigenvalue weighted by molar-refractivity contribution is 7.91. The Labute approximate surface area is 81.7 Å². The Morgan fingerprint density at radius 2 is 1.85 bits per heavy atom. The van der Waals surface area contributed by atoms with Gasteiger partial charge in [0.05, 0.1) is 13.1 Å². The lowest BCUT2D eigenvalue weighted by molar-refractivity contribution is 0.586. The molecule has 2 nitrogen and oxygen atoms in total. The third-order valence-electron chi connectivity index (χ3n) is 2.24. The van der Waals surface area contributed by atoms with Crippen molar-refractivity contribution in [3.63, 3.8) is 0 Å². The minimum Gasteiger partial charge on any atom is -0.616 e. The van der Waals surface area contributed by atoms with Gasteiger partial charge in [-0.05, 0) is 18.2 Å². The largest absolute Gasteiger partial charge is 0.616 e. The van der Waals surface area contributed by atoms with Gasteiger partial charge in [-0.2, -0.15) is 0 Å². The second-order valence-electron chi connectivity index (χ2n) is 3.09. The topological polar surface area (TPSA) is 26.3 Å². The fraction of sp³-hybridized carbons (Fsp3) is 0.400. The van der Waals surface area contributed by atoms with E-state index in [1.54, 1.807) is 0 Å². The average Bonchev–Trinajstić information content (AvgIpc) is 2.20. The molecule has 0 aliphatic carbocycles. The molecule has 1 aromatic rings. The monoisotopic (exact) mass is 194 g/mol. The maximum Gasteiger partial charge on any atom is 0.123 e. The van der Waals surface area contributed by atoms with E-state index in [2.05, 4.69) is 11.0 Å². The zero-order valence-electron chi connectivity index (χ0n) is 7.40. The lowest BCUT2D eigenvalue weighted by Crippen LogP contribution is -2.40. The van der Waals surface area contributed by atoms with Crippen molar-refractivity contribution in [1.29, 1.82) is 0 Å². The van der Waals surface area contributed by atoms with Gasteiger partial charge in [0.15, 0.2) is 0 Å². The predicted octanol–water partition coefficient (Wildman–Crippen LogP) is 1.06. The van der Waals surface area contributed by atoms with Crippen LogP contribution in [0, 0.1) is 6.07 Å². The molecule has 1 aliphatic rings. The van der Waals surface area contributed by atoms with Crippen molar-refractivity contribution in [3.05, 3.63) is 30.3 Å². The molecule has 1 aliphatic heterocycles. The lowest BCUT2D eigenvalue weighted by Gasteiger charge is -2.29. The third-order valence-corrected chi connectivity index (χ3v) is 3.52. The predicted molar refractivity (Wildman–Crippen MR) is 55.4 cm³/mol. The quantitative estimate of drug-likeness (QED) is 0.625. The van der Waals surface area contributed by atoms with Crippen molar-refractivity contribution in [2.24, 2.45) is 0 Å². The molecular formula is C10H12NOS. The molecule has 1 saturated heterocycles. The molecule has 69 valence electrons. The van der Waals surface area contributed by atoms with Crippen LogP contribution in [0.15, 0.2) is 24.3 Å². The summed E-state index contributed by atoms with van der Waals surface area (Å²) in [5, 5.41) is 0. The molecule has 0 N–H and O–H groups in total. The van der Waals surface area contributed by atoms with Gasteiger partial charge in [0, 0.05) is 5.69 Å². The van der Waals surface area contributed by atoms with Crippen LogP contribution >= 0.6 is 0 Å². The summed E-state index contributed by atoms with van der Waals surface area (Å²) in [4.78, 5) is 2.27. The summed E-state index contributed by atoms with van der Waals surface area (Å²) in [6.45, 7) is 1.83. The van der Waals surface area contributed by atoms with Gasteiger partial charge in [0.1, 0.15) is 11.5 Å². The van der Waals surface area contributed by atoms with Gasteiger partial charge in [-0.1, -0.05) is 23.3 Å². The fourth-order valence-electron chi connectivity index (χ4n) is 1.49. The van der Waals surface area contributed by atoms with E-state index in [1.807, 2.05) is 24.3 Å². The Morgan fingerprint density at radius 1 is 1.23 bits per heavy atom. The summed E-state index contributed by atoms with van der Waals surface area (Å²) in [5.41, 5.74) is 1.22. The molecule has 2 rings (SSSR count). The highest BCUT2D eigenvalue weighted by Crippen LogP contribution is 2.15. The normalized spacial score (nSPS) is 19.0. The van der Waals surface area contributed by atoms with E-state index in [1.165, 1.54) is 5.69 Å². The molecule has 0 atom stereocenters. The minimum absolute atomic E-state index is 0.584. The van der Waals surface area contributed by atoms with Crippen LogP contribution in [0.2, 0.25) is 0 Å². The summed E-state index contributed by atoms with van der Waals surface area (Å²) in [5.74, 6) is 1.61. The molecule has 0 bridgehead atoms. The summed E-state index contributed by atoms with van der Waals surface area (Å²) in [6, 6.07) is 10.9. The van der Waals surface area contributed by atoms with Crippen molar-refractivity contribution < 1.29 is 4.55 Å². The number of nitrogens with zero attached hydrogens (tertiary/aromatic N) is 1. The minimum atomic E-state index is -0.584. The van der Waals surface area contributed by atoms with E-state index in [9.17, 15) is 4.55 Å². The Bertz CT molecular complexity index is 257. The van der Waals surface area contributed by atoms with Crippen LogP contribution in [-0.2, 0) is 11.2 Å². The first-order chi connectivity index (χ1) is 6.36. The van der Waals surface area contributed by atoms with Gasteiger partial charge in [0.25, 0.3) is 0 Å². The molecule has 13 heavy (non-hydrogen) atoms. The highest BCUT2D eigenvalue weighted by Gasteiger charge is 2.18. The Balaban J connectivity index is 2.03. The smallest absolute Gasteiger partial charge is 0.123 e. The molecule has 0 aromatic heterocycles. The summed E-state index contributed by atoms with van der Waals surface area (Å²) < 4.78 is 11.1. The molecule has 0 amide bonds. The average molecular weight is 194 g/mol. The Hall–Kier alpha value is -0.670. The van der Waals surface area contributed by atoms with Crippen LogP contribution in [0.1, 0.15) is 0 Å². The molecule has 1 heterocycles. The molecule has 1 fully saturated rings. The van der Waals surface area contributed by atoms with Gasteiger partial charge in [0.2, 0.25) is 0 Å². The Morgan fingerprint density at radius 3 is 2.46 bits per heavy atom. The van der Waals surface area contributed by atoms with Crippen LogP contribution in [0.3, 0.4) is 0 Å². The van der Waals surface area contributed by atoms with E-state index in [4.69, 9.17) is 0 Å². The number of benzene rings is 1.